The molecular weight excluding hydrogens is 124 g/mol. The van der Waals surface area contributed by atoms with Crippen LogP contribution >= 0.6 is 0 Å². The fraction of sp³-hybridized carbons (Fsp3) is 0.889. The second-order valence-corrected chi connectivity index (χ2v) is 3.44. The maximum absolute atomic E-state index is 10.7. The van der Waals surface area contributed by atoms with Gasteiger partial charge in [-0.25, -0.2) is 0 Å². The molecule has 0 unspecified atom stereocenters. The number of carbonyl (C=O) groups is 1. The Balaban J connectivity index is 2.49. The summed E-state index contributed by atoms with van der Waals surface area (Å²) >= 11 is 0. The van der Waals surface area contributed by atoms with E-state index in [1.54, 1.807) is 0 Å². The second-order valence-electron chi connectivity index (χ2n) is 3.44. The van der Waals surface area contributed by atoms with E-state index in [2.05, 4.69) is 6.92 Å². The van der Waals surface area contributed by atoms with E-state index in [4.69, 9.17) is 0 Å². The molecule has 1 rings (SSSR count). The monoisotopic (exact) mass is 140 g/mol. The summed E-state index contributed by atoms with van der Waals surface area (Å²) in [7, 11) is 0. The van der Waals surface area contributed by atoms with E-state index in [0.29, 0.717) is 0 Å². The van der Waals surface area contributed by atoms with Gasteiger partial charge in [0.2, 0.25) is 0 Å². The van der Waals surface area contributed by atoms with Gasteiger partial charge in [-0.15, -0.1) is 0 Å². The second kappa shape index (κ2) is 3.18. The lowest BCUT2D eigenvalue weighted by Gasteiger charge is -2.19. The molecule has 0 heterocycles. The molecule has 1 saturated carbocycles. The van der Waals surface area contributed by atoms with Crippen LogP contribution in [0.5, 0.6) is 0 Å². The predicted octanol–water partition coefficient (Wildman–Crippen LogP) is 2.55. The Kier molecular flexibility index (Phi) is 2.47. The smallest absolute Gasteiger partial charge is 0.126 e. The standard InChI is InChI=1S/C9H16O/c1-2-5-9(8-10)6-3-4-7-9/h8H,2-7H2,1H3. The number of hydrogen-bond donors (Lipinski definition) is 0. The van der Waals surface area contributed by atoms with Crippen molar-refractivity contribution in [3.63, 3.8) is 0 Å². The van der Waals surface area contributed by atoms with Crippen LogP contribution in [0.4, 0.5) is 0 Å². The molecule has 0 amide bonds. The average molecular weight is 140 g/mol. The van der Waals surface area contributed by atoms with Crippen LogP contribution in [-0.2, 0) is 4.79 Å². The van der Waals surface area contributed by atoms with Gasteiger partial charge in [0, 0.05) is 5.41 Å². The fourth-order valence-corrected chi connectivity index (χ4v) is 2.00. The maximum atomic E-state index is 10.7. The predicted molar refractivity (Wildman–Crippen MR) is 41.9 cm³/mol. The number of hydrogen-bond acceptors (Lipinski definition) is 1. The summed E-state index contributed by atoms with van der Waals surface area (Å²) in [4.78, 5) is 10.7. The molecule has 1 aliphatic rings. The summed E-state index contributed by atoms with van der Waals surface area (Å²) in [6, 6.07) is 0. The van der Waals surface area contributed by atoms with Gasteiger partial charge in [-0.3, -0.25) is 0 Å². The van der Waals surface area contributed by atoms with Crippen molar-refractivity contribution in [3.8, 4) is 0 Å². The minimum absolute atomic E-state index is 0.106. The SMILES string of the molecule is CCCC1(C=O)CCCC1. The topological polar surface area (TPSA) is 17.1 Å². The highest BCUT2D eigenvalue weighted by Gasteiger charge is 2.31. The zero-order valence-corrected chi connectivity index (χ0v) is 6.73. The molecule has 0 atom stereocenters. The Morgan fingerprint density at radius 2 is 2.00 bits per heavy atom. The van der Waals surface area contributed by atoms with Gasteiger partial charge in [-0.2, -0.15) is 0 Å². The highest BCUT2D eigenvalue weighted by Crippen LogP contribution is 2.39. The van der Waals surface area contributed by atoms with E-state index in [1.165, 1.54) is 19.1 Å². The van der Waals surface area contributed by atoms with E-state index in [0.717, 1.165) is 25.7 Å². The molecule has 0 aliphatic heterocycles. The van der Waals surface area contributed by atoms with Crippen molar-refractivity contribution in [2.24, 2.45) is 5.41 Å². The summed E-state index contributed by atoms with van der Waals surface area (Å²) in [5.41, 5.74) is 0.106. The Bertz CT molecular complexity index is 112. The minimum Gasteiger partial charge on any atom is -0.303 e. The zero-order valence-electron chi connectivity index (χ0n) is 6.73. The third kappa shape index (κ3) is 1.39. The van der Waals surface area contributed by atoms with Crippen LogP contribution in [0, 0.1) is 5.41 Å². The average Bonchev–Trinajstić information content (AvgIpc) is 2.39. The van der Waals surface area contributed by atoms with E-state index in [9.17, 15) is 4.79 Å². The van der Waals surface area contributed by atoms with Gasteiger partial charge in [0.1, 0.15) is 6.29 Å². The van der Waals surface area contributed by atoms with Crippen molar-refractivity contribution in [2.75, 3.05) is 0 Å². The van der Waals surface area contributed by atoms with Gasteiger partial charge >= 0.3 is 0 Å². The summed E-state index contributed by atoms with van der Waals surface area (Å²) in [6.45, 7) is 2.16. The third-order valence-electron chi connectivity index (χ3n) is 2.60. The van der Waals surface area contributed by atoms with Gasteiger partial charge in [-0.05, 0) is 19.3 Å². The normalized spacial score (nSPS) is 22.9. The van der Waals surface area contributed by atoms with Crippen LogP contribution < -0.4 is 0 Å². The van der Waals surface area contributed by atoms with E-state index in [-0.39, 0.29) is 5.41 Å². The Morgan fingerprint density at radius 1 is 1.40 bits per heavy atom. The molecule has 0 bridgehead atoms. The van der Waals surface area contributed by atoms with Crippen LogP contribution in [0.15, 0.2) is 0 Å². The molecule has 0 saturated heterocycles. The van der Waals surface area contributed by atoms with Gasteiger partial charge in [0.05, 0.1) is 0 Å². The molecule has 0 radical (unpaired) electrons. The van der Waals surface area contributed by atoms with Gasteiger partial charge in [-0.1, -0.05) is 26.2 Å². The van der Waals surface area contributed by atoms with Crippen LogP contribution in [0.25, 0.3) is 0 Å². The highest BCUT2D eigenvalue weighted by atomic mass is 16.1. The lowest BCUT2D eigenvalue weighted by molar-refractivity contribution is -0.116. The minimum atomic E-state index is 0.106. The Labute approximate surface area is 62.8 Å². The van der Waals surface area contributed by atoms with Crippen LogP contribution in [0.1, 0.15) is 45.4 Å². The number of aldehydes is 1. The van der Waals surface area contributed by atoms with Crippen LogP contribution in [0.2, 0.25) is 0 Å². The van der Waals surface area contributed by atoms with Crippen molar-refractivity contribution < 1.29 is 4.79 Å². The third-order valence-corrected chi connectivity index (χ3v) is 2.60. The lowest BCUT2D eigenvalue weighted by atomic mass is 9.83. The van der Waals surface area contributed by atoms with Gasteiger partial charge in [0.25, 0.3) is 0 Å². The maximum Gasteiger partial charge on any atom is 0.126 e. The molecule has 1 fully saturated rings. The number of rotatable bonds is 3. The first kappa shape index (κ1) is 7.77. The molecule has 1 heteroatoms. The van der Waals surface area contributed by atoms with Crippen molar-refractivity contribution in [2.45, 2.75) is 45.4 Å². The molecule has 0 aromatic carbocycles. The van der Waals surface area contributed by atoms with E-state index < -0.39 is 0 Å². The first-order valence-corrected chi connectivity index (χ1v) is 4.29. The highest BCUT2D eigenvalue weighted by molar-refractivity contribution is 5.59. The molecular formula is C9H16O. The molecule has 10 heavy (non-hydrogen) atoms. The van der Waals surface area contributed by atoms with Gasteiger partial charge in [0.15, 0.2) is 0 Å². The molecule has 0 aromatic rings. The Morgan fingerprint density at radius 3 is 2.40 bits per heavy atom. The van der Waals surface area contributed by atoms with Crippen molar-refractivity contribution in [1.82, 2.24) is 0 Å². The molecule has 0 spiro atoms. The van der Waals surface area contributed by atoms with E-state index >= 15 is 0 Å². The summed E-state index contributed by atoms with van der Waals surface area (Å²) in [5, 5.41) is 0. The molecule has 1 aliphatic carbocycles. The van der Waals surface area contributed by atoms with Gasteiger partial charge < -0.3 is 4.79 Å². The van der Waals surface area contributed by atoms with Crippen LogP contribution in [-0.4, -0.2) is 6.29 Å². The molecule has 0 N–H and O–H groups in total. The van der Waals surface area contributed by atoms with Crippen molar-refractivity contribution >= 4 is 6.29 Å². The molecule has 0 aromatic heterocycles. The first-order chi connectivity index (χ1) is 4.83. The van der Waals surface area contributed by atoms with E-state index in [1.807, 2.05) is 0 Å². The van der Waals surface area contributed by atoms with Crippen molar-refractivity contribution in [1.29, 1.82) is 0 Å². The summed E-state index contributed by atoms with van der Waals surface area (Å²) in [6.07, 6.45) is 8.27. The van der Waals surface area contributed by atoms with Crippen molar-refractivity contribution in [3.05, 3.63) is 0 Å². The zero-order chi connectivity index (χ0) is 7.45. The first-order valence-electron chi connectivity index (χ1n) is 4.29. The molecule has 58 valence electrons. The fourth-order valence-electron chi connectivity index (χ4n) is 2.00. The Hall–Kier alpha value is -0.330. The largest absolute Gasteiger partial charge is 0.303 e. The lowest BCUT2D eigenvalue weighted by Crippen LogP contribution is -2.17. The number of carbonyl (C=O) groups excluding carboxylic acids is 1. The summed E-state index contributed by atoms with van der Waals surface area (Å²) in [5.74, 6) is 0. The van der Waals surface area contributed by atoms with Crippen LogP contribution in [0.3, 0.4) is 0 Å². The molecule has 1 nitrogen and oxygen atoms in total. The summed E-state index contributed by atoms with van der Waals surface area (Å²) < 4.78 is 0. The quantitative estimate of drug-likeness (QED) is 0.550.